The Labute approximate surface area is 112 Å². The monoisotopic (exact) mass is 246 g/mol. The third kappa shape index (κ3) is 4.04. The van der Waals surface area contributed by atoms with Gasteiger partial charge in [-0.15, -0.1) is 0 Å². The Bertz CT molecular complexity index is 335. The molecule has 1 saturated carbocycles. The van der Waals surface area contributed by atoms with Gasteiger partial charge in [0.1, 0.15) is 5.75 Å². The van der Waals surface area contributed by atoms with E-state index < -0.39 is 0 Å². The second-order valence-corrected chi connectivity index (χ2v) is 5.74. The second-order valence-electron chi connectivity index (χ2n) is 5.74. The Morgan fingerprint density at radius 3 is 2.39 bits per heavy atom. The molecule has 100 valence electrons. The lowest BCUT2D eigenvalue weighted by Crippen LogP contribution is -2.19. The quantitative estimate of drug-likeness (QED) is 0.711. The summed E-state index contributed by atoms with van der Waals surface area (Å²) in [5.74, 6) is 1.82. The summed E-state index contributed by atoms with van der Waals surface area (Å²) in [6.07, 6.45) is 9.39. The molecule has 0 heterocycles. The normalized spacial score (nSPS) is 18.6. The summed E-state index contributed by atoms with van der Waals surface area (Å²) in [4.78, 5) is 0. The Hall–Kier alpha value is -0.980. The molecule has 1 unspecified atom stereocenters. The van der Waals surface area contributed by atoms with Crippen molar-refractivity contribution in [1.29, 1.82) is 0 Å². The molecule has 0 bridgehead atoms. The molecule has 0 amide bonds. The Kier molecular flexibility index (Phi) is 5.10. The van der Waals surface area contributed by atoms with Crippen LogP contribution in [0.15, 0.2) is 24.3 Å². The molecule has 1 aliphatic carbocycles. The van der Waals surface area contributed by atoms with Gasteiger partial charge in [0.25, 0.3) is 0 Å². The highest BCUT2D eigenvalue weighted by Gasteiger charge is 2.14. The predicted octanol–water partition coefficient (Wildman–Crippen LogP) is 4.99. The third-order valence-corrected chi connectivity index (χ3v) is 4.06. The van der Waals surface area contributed by atoms with E-state index in [1.807, 2.05) is 0 Å². The fourth-order valence-electron chi connectivity index (χ4n) is 2.63. The number of hydrogen-bond acceptors (Lipinski definition) is 1. The zero-order chi connectivity index (χ0) is 12.8. The Balaban J connectivity index is 1.86. The van der Waals surface area contributed by atoms with Crippen molar-refractivity contribution in [2.45, 2.75) is 64.9 Å². The minimum absolute atomic E-state index is 0.458. The molecule has 2 rings (SSSR count). The minimum atomic E-state index is 0.458. The van der Waals surface area contributed by atoms with Crippen molar-refractivity contribution >= 4 is 0 Å². The smallest absolute Gasteiger partial charge is 0.119 e. The first-order valence-electron chi connectivity index (χ1n) is 7.53. The predicted molar refractivity (Wildman–Crippen MR) is 77.1 cm³/mol. The van der Waals surface area contributed by atoms with Crippen LogP contribution in [0.3, 0.4) is 0 Å². The maximum Gasteiger partial charge on any atom is 0.119 e. The molecular formula is C17H26O. The molecular weight excluding hydrogens is 220 g/mol. The fraction of sp³-hybridized carbons (Fsp3) is 0.647. The number of ether oxygens (including phenoxy) is 1. The number of rotatable bonds is 5. The van der Waals surface area contributed by atoms with Crippen LogP contribution in [0.5, 0.6) is 5.75 Å². The highest BCUT2D eigenvalue weighted by Crippen LogP contribution is 2.24. The van der Waals surface area contributed by atoms with Crippen LogP contribution in [-0.2, 0) is 6.42 Å². The molecule has 1 heteroatoms. The lowest BCUT2D eigenvalue weighted by Gasteiger charge is -2.23. The van der Waals surface area contributed by atoms with Crippen molar-refractivity contribution in [3.8, 4) is 5.75 Å². The zero-order valence-corrected chi connectivity index (χ0v) is 11.8. The molecule has 1 nitrogen and oxygen atoms in total. The summed E-state index contributed by atoms with van der Waals surface area (Å²) in [6, 6.07) is 8.74. The molecule has 0 N–H and O–H groups in total. The summed E-state index contributed by atoms with van der Waals surface area (Å²) in [7, 11) is 0. The van der Waals surface area contributed by atoms with E-state index in [1.165, 1.54) is 50.5 Å². The highest BCUT2D eigenvalue weighted by molar-refractivity contribution is 5.27. The molecule has 0 spiro atoms. The summed E-state index contributed by atoms with van der Waals surface area (Å²) in [5, 5.41) is 0. The largest absolute Gasteiger partial charge is 0.490 e. The average molecular weight is 246 g/mol. The van der Waals surface area contributed by atoms with Crippen molar-refractivity contribution < 1.29 is 4.74 Å². The number of benzene rings is 1. The van der Waals surface area contributed by atoms with Gasteiger partial charge in [-0.25, -0.2) is 0 Å². The SMILES string of the molecule is CCC(C)Cc1ccc(OC2CCCCC2)cc1. The lowest BCUT2D eigenvalue weighted by atomic mass is 9.97. The lowest BCUT2D eigenvalue weighted by molar-refractivity contribution is 0.155. The first-order chi connectivity index (χ1) is 8.78. The van der Waals surface area contributed by atoms with E-state index in [0.717, 1.165) is 11.7 Å². The molecule has 18 heavy (non-hydrogen) atoms. The van der Waals surface area contributed by atoms with E-state index in [-0.39, 0.29) is 0 Å². The van der Waals surface area contributed by atoms with Crippen LogP contribution in [0.2, 0.25) is 0 Å². The van der Waals surface area contributed by atoms with Crippen molar-refractivity contribution in [3.63, 3.8) is 0 Å². The minimum Gasteiger partial charge on any atom is -0.490 e. The Morgan fingerprint density at radius 2 is 1.78 bits per heavy atom. The van der Waals surface area contributed by atoms with Gasteiger partial charge in [-0.05, 0) is 55.7 Å². The molecule has 1 atom stereocenters. The zero-order valence-electron chi connectivity index (χ0n) is 11.8. The van der Waals surface area contributed by atoms with Crippen molar-refractivity contribution in [2.75, 3.05) is 0 Å². The third-order valence-electron chi connectivity index (χ3n) is 4.06. The van der Waals surface area contributed by atoms with Gasteiger partial charge >= 0.3 is 0 Å². The second kappa shape index (κ2) is 6.82. The maximum atomic E-state index is 6.04. The summed E-state index contributed by atoms with van der Waals surface area (Å²) in [6.45, 7) is 4.57. The van der Waals surface area contributed by atoms with Crippen LogP contribution in [0.1, 0.15) is 57.9 Å². The summed E-state index contributed by atoms with van der Waals surface area (Å²) < 4.78 is 6.04. The molecule has 1 aliphatic rings. The highest BCUT2D eigenvalue weighted by atomic mass is 16.5. The molecule has 0 radical (unpaired) electrons. The van der Waals surface area contributed by atoms with Crippen LogP contribution < -0.4 is 4.74 Å². The van der Waals surface area contributed by atoms with Gasteiger partial charge in [0.2, 0.25) is 0 Å². The van der Waals surface area contributed by atoms with Crippen LogP contribution in [0.4, 0.5) is 0 Å². The molecule has 0 saturated heterocycles. The van der Waals surface area contributed by atoms with E-state index in [2.05, 4.69) is 38.1 Å². The van der Waals surface area contributed by atoms with Crippen LogP contribution in [-0.4, -0.2) is 6.10 Å². The van der Waals surface area contributed by atoms with Crippen LogP contribution in [0.25, 0.3) is 0 Å². The van der Waals surface area contributed by atoms with Crippen molar-refractivity contribution in [3.05, 3.63) is 29.8 Å². The summed E-state index contributed by atoms with van der Waals surface area (Å²) in [5.41, 5.74) is 1.43. The van der Waals surface area contributed by atoms with Gasteiger partial charge in [0.15, 0.2) is 0 Å². The van der Waals surface area contributed by atoms with E-state index in [9.17, 15) is 0 Å². The van der Waals surface area contributed by atoms with E-state index in [4.69, 9.17) is 4.74 Å². The van der Waals surface area contributed by atoms with Crippen molar-refractivity contribution in [2.24, 2.45) is 5.92 Å². The van der Waals surface area contributed by atoms with E-state index in [0.29, 0.717) is 6.10 Å². The first-order valence-corrected chi connectivity index (χ1v) is 7.53. The van der Waals surface area contributed by atoms with Crippen molar-refractivity contribution in [1.82, 2.24) is 0 Å². The standard InChI is InChI=1S/C17H26O/c1-3-14(2)13-15-9-11-17(12-10-15)18-16-7-5-4-6-8-16/h9-12,14,16H,3-8,13H2,1-2H3. The summed E-state index contributed by atoms with van der Waals surface area (Å²) >= 11 is 0. The Morgan fingerprint density at radius 1 is 1.11 bits per heavy atom. The fourth-order valence-corrected chi connectivity index (χ4v) is 2.63. The van der Waals surface area contributed by atoms with E-state index in [1.54, 1.807) is 0 Å². The van der Waals surface area contributed by atoms with Crippen LogP contribution in [0, 0.1) is 5.92 Å². The average Bonchev–Trinajstić information content (AvgIpc) is 2.42. The molecule has 1 fully saturated rings. The van der Waals surface area contributed by atoms with E-state index >= 15 is 0 Å². The van der Waals surface area contributed by atoms with Crippen LogP contribution >= 0.6 is 0 Å². The van der Waals surface area contributed by atoms with Gasteiger partial charge in [0.05, 0.1) is 6.10 Å². The first kappa shape index (κ1) is 13.5. The van der Waals surface area contributed by atoms with Gasteiger partial charge in [-0.3, -0.25) is 0 Å². The van der Waals surface area contributed by atoms with Gasteiger partial charge < -0.3 is 4.74 Å². The molecule has 1 aromatic rings. The van der Waals surface area contributed by atoms with Gasteiger partial charge in [-0.2, -0.15) is 0 Å². The topological polar surface area (TPSA) is 9.23 Å². The maximum absolute atomic E-state index is 6.04. The van der Waals surface area contributed by atoms with Gasteiger partial charge in [0, 0.05) is 0 Å². The molecule has 0 aromatic heterocycles. The molecule has 1 aromatic carbocycles. The number of hydrogen-bond donors (Lipinski definition) is 0. The molecule has 0 aliphatic heterocycles. The van der Waals surface area contributed by atoms with Gasteiger partial charge in [-0.1, -0.05) is 38.8 Å².